The summed E-state index contributed by atoms with van der Waals surface area (Å²) in [6, 6.07) is 5.96. The number of hydrogen-bond donors (Lipinski definition) is 9. The summed E-state index contributed by atoms with van der Waals surface area (Å²) in [6.45, 7) is 0.594. The number of benzene rings is 2. The first kappa shape index (κ1) is 30.9. The Labute approximate surface area is 242 Å². The van der Waals surface area contributed by atoms with Gasteiger partial charge in [-0.15, -0.1) is 0 Å². The zero-order chi connectivity index (χ0) is 31.3. The van der Waals surface area contributed by atoms with Crippen LogP contribution in [-0.2, 0) is 14.2 Å². The quantitative estimate of drug-likeness (QED) is 0.162. The fourth-order valence-electron chi connectivity index (χ4n) is 5.33. The van der Waals surface area contributed by atoms with Crippen LogP contribution in [0.15, 0.2) is 39.5 Å². The van der Waals surface area contributed by atoms with Crippen LogP contribution in [0.25, 0.3) is 22.3 Å². The average molecular weight is 609 g/mol. The van der Waals surface area contributed by atoms with E-state index in [1.807, 2.05) is 0 Å². The molecule has 0 radical (unpaired) electrons. The number of aliphatic hydroxyl groups excluding tert-OH is 6. The Morgan fingerprint density at radius 3 is 2.23 bits per heavy atom. The highest BCUT2D eigenvalue weighted by molar-refractivity contribution is 5.89. The first-order chi connectivity index (χ1) is 20.4. The first-order valence-corrected chi connectivity index (χ1v) is 13.3. The van der Waals surface area contributed by atoms with E-state index in [4.69, 9.17) is 23.4 Å². The lowest BCUT2D eigenvalue weighted by Gasteiger charge is -2.46. The van der Waals surface area contributed by atoms with Crippen molar-refractivity contribution in [1.29, 1.82) is 0 Å². The fourth-order valence-corrected chi connectivity index (χ4v) is 5.33. The second-order valence-electron chi connectivity index (χ2n) is 10.4. The Morgan fingerprint density at radius 2 is 1.56 bits per heavy atom. The molecule has 2 aliphatic heterocycles. The molecule has 0 unspecified atom stereocenters. The van der Waals surface area contributed by atoms with Crippen LogP contribution >= 0.6 is 0 Å². The summed E-state index contributed by atoms with van der Waals surface area (Å²) in [5, 5.41) is 93.6. The molecule has 9 N–H and O–H groups in total. The van der Waals surface area contributed by atoms with Crippen molar-refractivity contribution in [1.82, 2.24) is 0 Å². The van der Waals surface area contributed by atoms with E-state index in [2.05, 4.69) is 0 Å². The zero-order valence-electron chi connectivity index (χ0n) is 22.8. The minimum Gasteiger partial charge on any atom is -0.507 e. The van der Waals surface area contributed by atoms with Gasteiger partial charge in [-0.3, -0.25) is 4.79 Å². The third-order valence-electron chi connectivity index (χ3n) is 7.71. The molecule has 15 heteroatoms. The highest BCUT2D eigenvalue weighted by Gasteiger charge is 2.51. The molecule has 5 rings (SSSR count). The van der Waals surface area contributed by atoms with Crippen LogP contribution in [0, 0.1) is 0 Å². The van der Waals surface area contributed by atoms with Crippen molar-refractivity contribution in [3.05, 3.63) is 46.1 Å². The maximum atomic E-state index is 13.3. The molecule has 0 aliphatic carbocycles. The smallest absolute Gasteiger partial charge is 0.197 e. The number of methoxy groups -OCH3 is 1. The van der Waals surface area contributed by atoms with E-state index in [0.29, 0.717) is 0 Å². The third-order valence-corrected chi connectivity index (χ3v) is 7.71. The lowest BCUT2D eigenvalue weighted by Crippen LogP contribution is -2.61. The molecule has 1 aromatic heterocycles. The van der Waals surface area contributed by atoms with Crippen LogP contribution in [0.3, 0.4) is 0 Å². The van der Waals surface area contributed by atoms with Crippen LogP contribution in [0.5, 0.6) is 23.0 Å². The summed E-state index contributed by atoms with van der Waals surface area (Å²) in [4.78, 5) is 13.3. The maximum Gasteiger partial charge on any atom is 0.197 e. The summed E-state index contributed by atoms with van der Waals surface area (Å²) in [6.07, 6.45) is -16.2. The van der Waals surface area contributed by atoms with Crippen LogP contribution < -0.4 is 10.2 Å². The van der Waals surface area contributed by atoms with Crippen molar-refractivity contribution >= 4 is 11.0 Å². The Bertz CT molecular complexity index is 1540. The van der Waals surface area contributed by atoms with Gasteiger partial charge in [-0.2, -0.15) is 0 Å². The molecule has 0 spiro atoms. The summed E-state index contributed by atoms with van der Waals surface area (Å²) in [5.74, 6) is -1.58. The lowest BCUT2D eigenvalue weighted by molar-refractivity contribution is -0.338. The van der Waals surface area contributed by atoms with E-state index >= 15 is 0 Å². The zero-order valence-corrected chi connectivity index (χ0v) is 22.8. The Balaban J connectivity index is 1.68. The summed E-state index contributed by atoms with van der Waals surface area (Å²) in [5.41, 5.74) is -1.26. The van der Waals surface area contributed by atoms with Crippen LogP contribution in [-0.4, -0.2) is 115 Å². The van der Waals surface area contributed by atoms with Crippen molar-refractivity contribution < 1.29 is 69.3 Å². The van der Waals surface area contributed by atoms with Gasteiger partial charge in [0.05, 0.1) is 25.4 Å². The number of phenolic OH excluding ortho intramolecular Hbond substituents is 3. The highest BCUT2D eigenvalue weighted by atomic mass is 16.7. The Morgan fingerprint density at radius 1 is 0.837 bits per heavy atom. The molecule has 10 atom stereocenters. The largest absolute Gasteiger partial charge is 0.507 e. The van der Waals surface area contributed by atoms with Gasteiger partial charge in [0.1, 0.15) is 71.5 Å². The van der Waals surface area contributed by atoms with E-state index in [-0.39, 0.29) is 28.4 Å². The normalized spacial score (nSPS) is 33.0. The average Bonchev–Trinajstić information content (AvgIpc) is 2.97. The topological polar surface area (TPSA) is 249 Å². The van der Waals surface area contributed by atoms with Gasteiger partial charge in [0.15, 0.2) is 28.8 Å². The molecule has 234 valence electrons. The van der Waals surface area contributed by atoms with E-state index in [0.717, 1.165) is 12.1 Å². The maximum absolute atomic E-state index is 13.3. The van der Waals surface area contributed by atoms with E-state index in [9.17, 15) is 50.8 Å². The van der Waals surface area contributed by atoms with Crippen LogP contribution in [0.2, 0.25) is 0 Å². The molecular formula is C28H32O15. The van der Waals surface area contributed by atoms with Crippen LogP contribution in [0.4, 0.5) is 0 Å². The minimum atomic E-state index is -1.87. The van der Waals surface area contributed by atoms with E-state index in [1.54, 1.807) is 0 Å². The molecule has 3 heterocycles. The van der Waals surface area contributed by atoms with Gasteiger partial charge in [0.25, 0.3) is 0 Å². The van der Waals surface area contributed by atoms with E-state index < -0.39 is 95.7 Å². The van der Waals surface area contributed by atoms with Crippen LogP contribution in [0.1, 0.15) is 18.6 Å². The summed E-state index contributed by atoms with van der Waals surface area (Å²) >= 11 is 0. The van der Waals surface area contributed by atoms with Gasteiger partial charge in [-0.05, 0) is 25.1 Å². The molecule has 2 aliphatic rings. The SMILES string of the molecule is COc1cc(-c2cc(=O)c3c(O)cc(O)c([C@@H]4O[C@H](CO)[C@@H](O)[C@H](O)[C@H]4O[C@@H]4O[C@@H](C)[C@H](O)[C@H](O)[C@H]4O)c3o2)ccc1O. The second kappa shape index (κ2) is 11.9. The monoisotopic (exact) mass is 608 g/mol. The van der Waals surface area contributed by atoms with Crippen molar-refractivity contribution in [2.75, 3.05) is 13.7 Å². The van der Waals surface area contributed by atoms with E-state index in [1.165, 1.54) is 32.2 Å². The molecule has 0 amide bonds. The Kier molecular flexibility index (Phi) is 8.54. The van der Waals surface area contributed by atoms with Gasteiger partial charge in [-0.1, -0.05) is 0 Å². The summed E-state index contributed by atoms with van der Waals surface area (Å²) < 4.78 is 28.2. The second-order valence-corrected chi connectivity index (χ2v) is 10.4. The number of aromatic hydroxyl groups is 3. The number of hydrogen-bond acceptors (Lipinski definition) is 15. The number of fused-ring (bicyclic) bond motifs is 1. The Hall–Kier alpha value is -3.51. The summed E-state index contributed by atoms with van der Waals surface area (Å²) in [7, 11) is 1.31. The minimum absolute atomic E-state index is 0.0544. The number of aliphatic hydroxyl groups is 6. The predicted octanol–water partition coefficient (Wildman–Crippen LogP) is -1.05. The van der Waals surface area contributed by atoms with Crippen molar-refractivity contribution in [3.63, 3.8) is 0 Å². The first-order valence-electron chi connectivity index (χ1n) is 13.3. The molecule has 0 bridgehead atoms. The molecular weight excluding hydrogens is 576 g/mol. The van der Waals surface area contributed by atoms with Crippen molar-refractivity contribution in [3.8, 4) is 34.3 Å². The van der Waals surface area contributed by atoms with Crippen molar-refractivity contribution in [2.24, 2.45) is 0 Å². The number of phenols is 3. The molecule has 15 nitrogen and oxygen atoms in total. The van der Waals surface area contributed by atoms with Gasteiger partial charge < -0.3 is 69.3 Å². The van der Waals surface area contributed by atoms with Gasteiger partial charge in [0.2, 0.25) is 0 Å². The van der Waals surface area contributed by atoms with Gasteiger partial charge in [-0.25, -0.2) is 0 Å². The highest BCUT2D eigenvalue weighted by Crippen LogP contribution is 2.45. The van der Waals surface area contributed by atoms with Gasteiger partial charge >= 0.3 is 0 Å². The van der Waals surface area contributed by atoms with Crippen molar-refractivity contribution in [2.45, 2.75) is 68.1 Å². The lowest BCUT2D eigenvalue weighted by atomic mass is 9.89. The number of ether oxygens (including phenoxy) is 4. The predicted molar refractivity (Wildman–Crippen MR) is 143 cm³/mol. The third kappa shape index (κ3) is 5.39. The standard InChI is InChI=1S/C28H32O15/c1-9-20(34)22(36)24(38)28(40-9)43-27-23(37)21(35)17(8-29)42-26(27)19-13(32)6-12(31)18-14(33)7-15(41-25(18)19)10-3-4-11(30)16(5-10)39-2/h3-7,9,17,20-24,26-32,34-38H,8H2,1-2H3/t9-,17+,20-,21+,22-,23-,24+,26-,27+,28-/m0/s1. The fraction of sp³-hybridized carbons (Fsp3) is 0.464. The molecule has 2 aromatic carbocycles. The molecule has 43 heavy (non-hydrogen) atoms. The molecule has 2 fully saturated rings. The van der Waals surface area contributed by atoms with Gasteiger partial charge in [0, 0.05) is 17.7 Å². The molecule has 2 saturated heterocycles. The number of rotatable bonds is 6. The molecule has 3 aromatic rings. The molecule has 0 saturated carbocycles.